The van der Waals surface area contributed by atoms with E-state index in [1.807, 2.05) is 0 Å². The third kappa shape index (κ3) is 2.83. The van der Waals surface area contributed by atoms with Crippen LogP contribution >= 0.6 is 11.3 Å². The summed E-state index contributed by atoms with van der Waals surface area (Å²) < 4.78 is 0. The number of nitrogens with zero attached hydrogens (tertiary/aromatic N) is 1. The van der Waals surface area contributed by atoms with Gasteiger partial charge in [-0.2, -0.15) is 0 Å². The van der Waals surface area contributed by atoms with Crippen LogP contribution in [-0.2, 0) is 6.42 Å². The zero-order valence-corrected chi connectivity index (χ0v) is 8.43. The fourth-order valence-electron chi connectivity index (χ4n) is 0.875. The van der Waals surface area contributed by atoms with Crippen molar-refractivity contribution in [2.75, 3.05) is 13.1 Å². The molecule has 0 saturated carbocycles. The summed E-state index contributed by atoms with van der Waals surface area (Å²) in [6.07, 6.45) is 5.71. The van der Waals surface area contributed by atoms with Gasteiger partial charge in [0, 0.05) is 11.8 Å². The van der Waals surface area contributed by atoms with Crippen LogP contribution in [0, 0.1) is 12.3 Å². The molecule has 0 radical (unpaired) electrons. The monoisotopic (exact) mass is 209 g/mol. The van der Waals surface area contributed by atoms with E-state index >= 15 is 0 Å². The highest BCUT2D eigenvalue weighted by atomic mass is 32.1. The Labute approximate surface area is 86.5 Å². The molecule has 0 aliphatic carbocycles. The second-order valence-corrected chi connectivity index (χ2v) is 3.49. The molecule has 0 spiro atoms. The first kappa shape index (κ1) is 10.7. The Hall–Kier alpha value is -1.38. The van der Waals surface area contributed by atoms with Gasteiger partial charge in [-0.05, 0) is 6.54 Å². The lowest BCUT2D eigenvalue weighted by Gasteiger charge is -1.95. The van der Waals surface area contributed by atoms with Gasteiger partial charge >= 0.3 is 0 Å². The molecule has 0 bridgehead atoms. The minimum absolute atomic E-state index is 0.225. The van der Waals surface area contributed by atoms with Gasteiger partial charge in [0.05, 0.1) is 11.6 Å². The molecule has 0 fully saturated rings. The van der Waals surface area contributed by atoms with Crippen LogP contribution in [0.3, 0.4) is 0 Å². The quantitative estimate of drug-likeness (QED) is 0.686. The largest absolute Gasteiger partial charge is 0.340 e. The molecule has 14 heavy (non-hydrogen) atoms. The van der Waals surface area contributed by atoms with Crippen LogP contribution in [0.2, 0.25) is 0 Å². The molecular formula is C9H11N3OS. The number of rotatable bonds is 4. The maximum Gasteiger partial charge on any atom is 0.271 e. The summed E-state index contributed by atoms with van der Waals surface area (Å²) >= 11 is 1.43. The second kappa shape index (κ2) is 5.37. The second-order valence-electron chi connectivity index (χ2n) is 2.55. The van der Waals surface area contributed by atoms with Crippen LogP contribution in [0.5, 0.6) is 0 Å². The first-order chi connectivity index (χ1) is 6.77. The van der Waals surface area contributed by atoms with E-state index in [0.717, 1.165) is 5.01 Å². The van der Waals surface area contributed by atoms with E-state index in [1.54, 1.807) is 5.38 Å². The maximum atomic E-state index is 11.3. The molecule has 0 saturated heterocycles. The number of carbonyl (C=O) groups excluding carboxylic acids is 1. The van der Waals surface area contributed by atoms with Gasteiger partial charge in [-0.25, -0.2) is 4.98 Å². The third-order valence-electron chi connectivity index (χ3n) is 1.49. The summed E-state index contributed by atoms with van der Waals surface area (Å²) in [6.45, 7) is 0.765. The Balaban J connectivity index is 2.58. The lowest BCUT2D eigenvalue weighted by atomic mass is 10.4. The van der Waals surface area contributed by atoms with Gasteiger partial charge < -0.3 is 11.1 Å². The summed E-state index contributed by atoms with van der Waals surface area (Å²) in [7, 11) is 0. The highest BCUT2D eigenvalue weighted by Gasteiger charge is 2.08. The van der Waals surface area contributed by atoms with Crippen LogP contribution in [0.4, 0.5) is 0 Å². The molecule has 1 heterocycles. The highest BCUT2D eigenvalue weighted by molar-refractivity contribution is 7.09. The molecule has 5 heteroatoms. The van der Waals surface area contributed by atoms with Gasteiger partial charge in [0.25, 0.3) is 5.91 Å². The van der Waals surface area contributed by atoms with Crippen molar-refractivity contribution >= 4 is 17.2 Å². The van der Waals surface area contributed by atoms with Crippen molar-refractivity contribution in [3.63, 3.8) is 0 Å². The molecule has 0 aliphatic heterocycles. The van der Waals surface area contributed by atoms with E-state index in [0.29, 0.717) is 18.7 Å². The SMILES string of the molecule is C#CCNC(=O)c1csc(CCN)n1. The normalized spacial score (nSPS) is 9.43. The molecule has 0 aliphatic rings. The molecule has 1 rings (SSSR count). The molecule has 4 nitrogen and oxygen atoms in total. The van der Waals surface area contributed by atoms with E-state index in [1.165, 1.54) is 11.3 Å². The van der Waals surface area contributed by atoms with Crippen LogP contribution in [0.25, 0.3) is 0 Å². The van der Waals surface area contributed by atoms with Crippen molar-refractivity contribution in [1.29, 1.82) is 0 Å². The van der Waals surface area contributed by atoms with Gasteiger partial charge in [-0.3, -0.25) is 4.79 Å². The van der Waals surface area contributed by atoms with E-state index in [-0.39, 0.29) is 12.5 Å². The first-order valence-corrected chi connectivity index (χ1v) is 5.02. The number of carbonyl (C=O) groups is 1. The molecule has 1 amide bonds. The Morgan fingerprint density at radius 2 is 2.57 bits per heavy atom. The number of hydrogen-bond donors (Lipinski definition) is 2. The van der Waals surface area contributed by atoms with Crippen LogP contribution in [0.15, 0.2) is 5.38 Å². The van der Waals surface area contributed by atoms with Crippen molar-refractivity contribution in [3.05, 3.63) is 16.1 Å². The summed E-state index contributed by atoms with van der Waals surface area (Å²) in [5.74, 6) is 2.09. The minimum atomic E-state index is -0.234. The smallest absolute Gasteiger partial charge is 0.271 e. The maximum absolute atomic E-state index is 11.3. The average Bonchev–Trinajstić information content (AvgIpc) is 2.63. The molecule has 0 aromatic carbocycles. The van der Waals surface area contributed by atoms with E-state index in [9.17, 15) is 4.79 Å². The fourth-order valence-corrected chi connectivity index (χ4v) is 1.67. The Kier molecular flexibility index (Phi) is 4.11. The zero-order valence-electron chi connectivity index (χ0n) is 7.62. The van der Waals surface area contributed by atoms with Crippen LogP contribution in [0.1, 0.15) is 15.5 Å². The van der Waals surface area contributed by atoms with E-state index < -0.39 is 0 Å². The predicted octanol–water partition coefficient (Wildman–Crippen LogP) is 0.00730. The molecule has 1 aromatic rings. The Morgan fingerprint density at radius 1 is 1.79 bits per heavy atom. The van der Waals surface area contributed by atoms with E-state index in [2.05, 4.69) is 16.2 Å². The minimum Gasteiger partial charge on any atom is -0.340 e. The lowest BCUT2D eigenvalue weighted by molar-refractivity contribution is 0.0954. The Bertz CT molecular complexity index is 353. The van der Waals surface area contributed by atoms with Gasteiger partial charge in [0.15, 0.2) is 0 Å². The van der Waals surface area contributed by atoms with Gasteiger partial charge in [0.1, 0.15) is 5.69 Å². The number of nitrogens with one attached hydrogen (secondary N) is 1. The number of thiazole rings is 1. The topological polar surface area (TPSA) is 68.0 Å². The third-order valence-corrected chi connectivity index (χ3v) is 2.40. The molecule has 1 aromatic heterocycles. The number of hydrogen-bond acceptors (Lipinski definition) is 4. The molecule has 74 valence electrons. The van der Waals surface area contributed by atoms with Gasteiger partial charge in [-0.15, -0.1) is 17.8 Å². The van der Waals surface area contributed by atoms with E-state index in [4.69, 9.17) is 12.2 Å². The van der Waals surface area contributed by atoms with Gasteiger partial charge in [0.2, 0.25) is 0 Å². The zero-order chi connectivity index (χ0) is 10.4. The van der Waals surface area contributed by atoms with Gasteiger partial charge in [-0.1, -0.05) is 5.92 Å². The highest BCUT2D eigenvalue weighted by Crippen LogP contribution is 2.09. The van der Waals surface area contributed by atoms with Crippen LogP contribution in [-0.4, -0.2) is 24.0 Å². The average molecular weight is 209 g/mol. The van der Waals surface area contributed by atoms with Crippen LogP contribution < -0.4 is 11.1 Å². The lowest BCUT2D eigenvalue weighted by Crippen LogP contribution is -2.23. The number of aromatic nitrogens is 1. The summed E-state index contributed by atoms with van der Waals surface area (Å²) in [5, 5.41) is 5.12. The summed E-state index contributed by atoms with van der Waals surface area (Å²) in [6, 6.07) is 0. The fraction of sp³-hybridized carbons (Fsp3) is 0.333. The molecule has 0 unspecified atom stereocenters. The summed E-state index contributed by atoms with van der Waals surface area (Å²) in [4.78, 5) is 15.4. The van der Waals surface area contributed by atoms with Crippen molar-refractivity contribution in [2.45, 2.75) is 6.42 Å². The predicted molar refractivity (Wildman–Crippen MR) is 56.0 cm³/mol. The molecule has 0 atom stereocenters. The molecular weight excluding hydrogens is 198 g/mol. The summed E-state index contributed by atoms with van der Waals surface area (Å²) in [5.41, 5.74) is 5.78. The van der Waals surface area contributed by atoms with Crippen molar-refractivity contribution in [1.82, 2.24) is 10.3 Å². The van der Waals surface area contributed by atoms with Crippen molar-refractivity contribution in [3.8, 4) is 12.3 Å². The first-order valence-electron chi connectivity index (χ1n) is 4.14. The number of terminal acetylenes is 1. The standard InChI is InChI=1S/C9H11N3OS/c1-2-5-11-9(13)7-6-14-8(12-7)3-4-10/h1,6H,3-5,10H2,(H,11,13). The Morgan fingerprint density at radius 3 is 3.21 bits per heavy atom. The molecule has 3 N–H and O–H groups in total. The van der Waals surface area contributed by atoms with Crippen molar-refractivity contribution in [2.24, 2.45) is 5.73 Å². The number of amides is 1. The van der Waals surface area contributed by atoms with Crippen molar-refractivity contribution < 1.29 is 4.79 Å². The number of nitrogens with two attached hydrogens (primary N) is 1.